The van der Waals surface area contributed by atoms with Crippen molar-refractivity contribution in [2.45, 2.75) is 6.92 Å². The van der Waals surface area contributed by atoms with Gasteiger partial charge in [-0.05, 0) is 48.0 Å². The van der Waals surface area contributed by atoms with Crippen molar-refractivity contribution < 1.29 is 14.3 Å². The van der Waals surface area contributed by atoms with Gasteiger partial charge in [0.05, 0.1) is 24.7 Å². The molecule has 6 heteroatoms. The Kier molecular flexibility index (Phi) is 4.93. The summed E-state index contributed by atoms with van der Waals surface area (Å²) in [7, 11) is 0. The van der Waals surface area contributed by atoms with Gasteiger partial charge in [-0.15, -0.1) is 6.42 Å². The SMILES string of the molecule is C#CCN1C(=O)S/C(=C/c2ccc(N3CCOCC3)cc2C)C1=O. The third kappa shape index (κ3) is 3.32. The van der Waals surface area contributed by atoms with Gasteiger partial charge in [0, 0.05) is 18.8 Å². The van der Waals surface area contributed by atoms with Crippen molar-refractivity contribution in [1.29, 1.82) is 0 Å². The van der Waals surface area contributed by atoms with Crippen LogP contribution in [0.15, 0.2) is 23.1 Å². The predicted octanol–water partition coefficient (Wildman–Crippen LogP) is 2.50. The van der Waals surface area contributed by atoms with Crippen LogP contribution in [0.4, 0.5) is 10.5 Å². The van der Waals surface area contributed by atoms with Crippen LogP contribution in [-0.4, -0.2) is 48.9 Å². The maximum absolute atomic E-state index is 12.2. The summed E-state index contributed by atoms with van der Waals surface area (Å²) in [5.74, 6) is 2.02. The maximum atomic E-state index is 12.2. The molecule has 2 aliphatic rings. The highest BCUT2D eigenvalue weighted by Gasteiger charge is 2.34. The lowest BCUT2D eigenvalue weighted by atomic mass is 10.1. The summed E-state index contributed by atoms with van der Waals surface area (Å²) in [5.41, 5.74) is 3.13. The molecule has 2 fully saturated rings. The Hall–Kier alpha value is -2.23. The molecule has 2 heterocycles. The fourth-order valence-corrected chi connectivity index (χ4v) is 3.54. The summed E-state index contributed by atoms with van der Waals surface area (Å²) < 4.78 is 5.37. The number of hydrogen-bond donors (Lipinski definition) is 0. The van der Waals surface area contributed by atoms with Crippen LogP contribution < -0.4 is 4.90 Å². The Bertz CT molecular complexity index is 745. The van der Waals surface area contributed by atoms with Crippen molar-refractivity contribution in [1.82, 2.24) is 4.90 Å². The molecule has 0 saturated carbocycles. The van der Waals surface area contributed by atoms with E-state index in [0.29, 0.717) is 4.91 Å². The summed E-state index contributed by atoms with van der Waals surface area (Å²) in [6.07, 6.45) is 6.97. The largest absolute Gasteiger partial charge is 0.378 e. The highest BCUT2D eigenvalue weighted by molar-refractivity contribution is 8.18. The summed E-state index contributed by atoms with van der Waals surface area (Å²) >= 11 is 0.934. The summed E-state index contributed by atoms with van der Waals surface area (Å²) in [6.45, 7) is 5.25. The first-order valence-corrected chi connectivity index (χ1v) is 8.54. The summed E-state index contributed by atoms with van der Waals surface area (Å²) in [5, 5.41) is -0.313. The number of carbonyl (C=O) groups is 2. The van der Waals surface area contributed by atoms with E-state index in [4.69, 9.17) is 11.2 Å². The van der Waals surface area contributed by atoms with Gasteiger partial charge >= 0.3 is 0 Å². The van der Waals surface area contributed by atoms with Crippen molar-refractivity contribution in [3.05, 3.63) is 34.2 Å². The molecular weight excluding hydrogens is 324 g/mol. The van der Waals surface area contributed by atoms with Crippen molar-refractivity contribution in [3.63, 3.8) is 0 Å². The van der Waals surface area contributed by atoms with E-state index in [-0.39, 0.29) is 17.7 Å². The van der Waals surface area contributed by atoms with Crippen LogP contribution in [0.1, 0.15) is 11.1 Å². The van der Waals surface area contributed by atoms with E-state index in [9.17, 15) is 9.59 Å². The molecule has 0 spiro atoms. The van der Waals surface area contributed by atoms with Gasteiger partial charge in [-0.3, -0.25) is 14.5 Å². The number of nitrogens with zero attached hydrogens (tertiary/aromatic N) is 2. The van der Waals surface area contributed by atoms with Crippen LogP contribution in [0, 0.1) is 19.3 Å². The van der Waals surface area contributed by atoms with Gasteiger partial charge in [-0.1, -0.05) is 12.0 Å². The van der Waals surface area contributed by atoms with Crippen molar-refractivity contribution >= 4 is 34.7 Å². The standard InChI is InChI=1S/C18H18N2O3S/c1-3-6-20-17(21)16(24-18(20)22)12-14-4-5-15(11-13(14)2)19-7-9-23-10-8-19/h1,4-5,11-12H,6-10H2,2H3/b16-12+. The van der Waals surface area contributed by atoms with Crippen molar-refractivity contribution in [2.75, 3.05) is 37.7 Å². The zero-order valence-corrected chi connectivity index (χ0v) is 14.3. The zero-order valence-electron chi connectivity index (χ0n) is 13.4. The molecule has 1 aromatic rings. The smallest absolute Gasteiger partial charge is 0.294 e. The minimum atomic E-state index is -0.320. The number of morpholine rings is 1. The number of aryl methyl sites for hydroxylation is 1. The minimum Gasteiger partial charge on any atom is -0.378 e. The molecule has 0 bridgehead atoms. The highest BCUT2D eigenvalue weighted by atomic mass is 32.2. The van der Waals surface area contributed by atoms with Crippen LogP contribution in [-0.2, 0) is 9.53 Å². The van der Waals surface area contributed by atoms with E-state index >= 15 is 0 Å². The fraction of sp³-hybridized carbons (Fsp3) is 0.333. The first-order valence-electron chi connectivity index (χ1n) is 7.72. The van der Waals surface area contributed by atoms with Crippen LogP contribution in [0.2, 0.25) is 0 Å². The van der Waals surface area contributed by atoms with Gasteiger partial charge < -0.3 is 9.64 Å². The lowest BCUT2D eigenvalue weighted by molar-refractivity contribution is -0.122. The summed E-state index contributed by atoms with van der Waals surface area (Å²) in [4.78, 5) is 27.9. The lowest BCUT2D eigenvalue weighted by Gasteiger charge is -2.29. The molecule has 1 aromatic carbocycles. The number of thioether (sulfide) groups is 1. The topological polar surface area (TPSA) is 49.9 Å². The zero-order chi connectivity index (χ0) is 17.1. The Morgan fingerprint density at radius 3 is 2.75 bits per heavy atom. The van der Waals surface area contributed by atoms with E-state index in [1.54, 1.807) is 6.08 Å². The molecule has 0 aliphatic carbocycles. The fourth-order valence-electron chi connectivity index (χ4n) is 2.71. The normalized spacial score (nSPS) is 19.9. The van der Waals surface area contributed by atoms with Crippen LogP contribution in [0.3, 0.4) is 0 Å². The lowest BCUT2D eigenvalue weighted by Crippen LogP contribution is -2.36. The highest BCUT2D eigenvalue weighted by Crippen LogP contribution is 2.33. The third-order valence-corrected chi connectivity index (χ3v) is 4.95. The van der Waals surface area contributed by atoms with E-state index in [0.717, 1.165) is 59.8 Å². The van der Waals surface area contributed by atoms with Crippen LogP contribution in [0.25, 0.3) is 6.08 Å². The molecule has 0 unspecified atom stereocenters. The number of amides is 2. The Balaban J connectivity index is 1.82. The van der Waals surface area contributed by atoms with Crippen molar-refractivity contribution in [2.24, 2.45) is 0 Å². The number of anilines is 1. The Labute approximate surface area is 145 Å². The quantitative estimate of drug-likeness (QED) is 0.624. The monoisotopic (exact) mass is 342 g/mol. The van der Waals surface area contributed by atoms with Gasteiger partial charge in [0.15, 0.2) is 0 Å². The summed E-state index contributed by atoms with van der Waals surface area (Å²) in [6, 6.07) is 6.12. The van der Waals surface area contributed by atoms with E-state index < -0.39 is 0 Å². The number of rotatable bonds is 3. The molecule has 0 aromatic heterocycles. The van der Waals surface area contributed by atoms with Gasteiger partial charge in [-0.25, -0.2) is 0 Å². The second kappa shape index (κ2) is 7.12. The number of ether oxygens (including phenoxy) is 1. The number of carbonyl (C=O) groups excluding carboxylic acids is 2. The molecule has 124 valence electrons. The first kappa shape index (κ1) is 16.6. The second-order valence-corrected chi connectivity index (χ2v) is 6.61. The molecule has 0 N–H and O–H groups in total. The maximum Gasteiger partial charge on any atom is 0.294 e. The van der Waals surface area contributed by atoms with Crippen molar-refractivity contribution in [3.8, 4) is 12.3 Å². The number of benzene rings is 1. The number of hydrogen-bond acceptors (Lipinski definition) is 5. The Morgan fingerprint density at radius 1 is 1.33 bits per heavy atom. The number of imide groups is 1. The first-order chi connectivity index (χ1) is 11.6. The third-order valence-electron chi connectivity index (χ3n) is 4.04. The minimum absolute atomic E-state index is 0.0109. The average Bonchev–Trinajstić information content (AvgIpc) is 2.85. The van der Waals surface area contributed by atoms with Gasteiger partial charge in [0.2, 0.25) is 0 Å². The van der Waals surface area contributed by atoms with Gasteiger partial charge in [0.1, 0.15) is 0 Å². The van der Waals surface area contributed by atoms with Gasteiger partial charge in [0.25, 0.3) is 11.1 Å². The van der Waals surface area contributed by atoms with E-state index in [1.165, 1.54) is 0 Å². The molecular formula is C18H18N2O3S. The van der Waals surface area contributed by atoms with Crippen LogP contribution >= 0.6 is 11.8 Å². The molecule has 5 nitrogen and oxygen atoms in total. The second-order valence-electron chi connectivity index (χ2n) is 5.61. The number of terminal acetylenes is 1. The van der Waals surface area contributed by atoms with E-state index in [2.05, 4.69) is 16.9 Å². The molecule has 0 atom stereocenters. The molecule has 2 saturated heterocycles. The van der Waals surface area contributed by atoms with E-state index in [1.807, 2.05) is 19.1 Å². The molecule has 3 rings (SSSR count). The van der Waals surface area contributed by atoms with Gasteiger partial charge in [-0.2, -0.15) is 0 Å². The molecule has 2 amide bonds. The van der Waals surface area contributed by atoms with Crippen LogP contribution in [0.5, 0.6) is 0 Å². The molecule has 24 heavy (non-hydrogen) atoms. The molecule has 2 aliphatic heterocycles. The Morgan fingerprint density at radius 2 is 2.08 bits per heavy atom. The predicted molar refractivity (Wildman–Crippen MR) is 95.7 cm³/mol. The average molecular weight is 342 g/mol. The molecule has 0 radical (unpaired) electrons.